The normalized spacial score (nSPS) is 15.0. The van der Waals surface area contributed by atoms with Crippen LogP contribution in [0.15, 0.2) is 36.4 Å². The molecule has 139 valence electrons. The Morgan fingerprint density at radius 3 is 1.92 bits per heavy atom. The molecule has 2 aromatic carbocycles. The Kier molecular flexibility index (Phi) is 5.92. The summed E-state index contributed by atoms with van der Waals surface area (Å²) >= 11 is 55.4. The van der Waals surface area contributed by atoms with E-state index in [0.29, 0.717) is 6.42 Å². The van der Waals surface area contributed by atoms with Crippen LogP contribution in [0.3, 0.4) is 0 Å². The number of rotatable bonds is 3. The van der Waals surface area contributed by atoms with E-state index in [2.05, 4.69) is 6.07 Å². The second kappa shape index (κ2) is 7.08. The molecule has 0 aromatic heterocycles. The lowest BCUT2D eigenvalue weighted by atomic mass is 9.99. The summed E-state index contributed by atoms with van der Waals surface area (Å²) in [4.78, 5) is 0. The number of hydrogen-bond donors (Lipinski definition) is 0. The van der Waals surface area contributed by atoms with Crippen LogP contribution in [0.25, 0.3) is 11.1 Å². The third kappa shape index (κ3) is 3.32. The van der Waals surface area contributed by atoms with Crippen LogP contribution in [-0.4, -0.2) is 12.5 Å². The molecule has 0 unspecified atom stereocenters. The van der Waals surface area contributed by atoms with E-state index in [1.165, 1.54) is 5.56 Å². The standard InChI is InChI=1S/C17H8Cl9/c18-14(19,15(20,21)16(22,23)17(24,25)26)11-5-6-13-10(8-11)7-9-3-1-2-4-12(9)13/h1-6H,7H2. The Morgan fingerprint density at radius 2 is 1.31 bits per heavy atom. The van der Waals surface area contributed by atoms with Crippen molar-refractivity contribution in [3.8, 4) is 11.1 Å². The molecule has 0 saturated carbocycles. The lowest BCUT2D eigenvalue weighted by Crippen LogP contribution is -2.54. The van der Waals surface area contributed by atoms with Crippen LogP contribution in [0.5, 0.6) is 0 Å². The van der Waals surface area contributed by atoms with E-state index < -0.39 is 16.8 Å². The number of hydrogen-bond acceptors (Lipinski definition) is 0. The van der Waals surface area contributed by atoms with Crippen molar-refractivity contribution < 1.29 is 0 Å². The van der Waals surface area contributed by atoms with Gasteiger partial charge in [0.2, 0.25) is 8.13 Å². The summed E-state index contributed by atoms with van der Waals surface area (Å²) in [5.74, 6) is 0. The van der Waals surface area contributed by atoms with Gasteiger partial charge in [-0.05, 0) is 40.3 Å². The first-order valence-corrected chi connectivity index (χ1v) is 10.5. The molecule has 0 aliphatic heterocycles. The second-order valence-electron chi connectivity index (χ2n) is 5.82. The zero-order chi connectivity index (χ0) is 19.5. The van der Waals surface area contributed by atoms with Gasteiger partial charge in [-0.3, -0.25) is 0 Å². The molecule has 0 nitrogen and oxygen atoms in total. The van der Waals surface area contributed by atoms with Gasteiger partial charge in [0.1, 0.15) is 0 Å². The molecule has 0 atom stereocenters. The fourth-order valence-electron chi connectivity index (χ4n) is 2.79. The molecular formula is C17H8Cl9. The van der Waals surface area contributed by atoms with E-state index in [-0.39, 0.29) is 5.56 Å². The van der Waals surface area contributed by atoms with Crippen molar-refractivity contribution in [2.45, 2.75) is 23.2 Å². The molecule has 0 saturated heterocycles. The van der Waals surface area contributed by atoms with Crippen LogP contribution in [0.4, 0.5) is 0 Å². The van der Waals surface area contributed by atoms with Crippen LogP contribution in [0, 0.1) is 6.07 Å². The quantitative estimate of drug-likeness (QED) is 0.298. The predicted molar refractivity (Wildman–Crippen MR) is 116 cm³/mol. The monoisotopic (exact) mass is 527 g/mol. The van der Waals surface area contributed by atoms with Crippen LogP contribution < -0.4 is 0 Å². The van der Waals surface area contributed by atoms with Crippen molar-refractivity contribution in [1.82, 2.24) is 0 Å². The van der Waals surface area contributed by atoms with Gasteiger partial charge in [-0.2, -0.15) is 0 Å². The number of fused-ring (bicyclic) bond motifs is 3. The summed E-state index contributed by atoms with van der Waals surface area (Å²) in [6.45, 7) is 0. The molecule has 1 aliphatic carbocycles. The summed E-state index contributed by atoms with van der Waals surface area (Å²) in [5, 5.41) is 0. The molecule has 1 radical (unpaired) electrons. The smallest absolute Gasteiger partial charge is 0.0943 e. The maximum Gasteiger partial charge on any atom is 0.226 e. The van der Waals surface area contributed by atoms with Crippen molar-refractivity contribution in [2.24, 2.45) is 0 Å². The minimum atomic E-state index is -2.33. The SMILES string of the molecule is ClC(Cl)(Cl)C(Cl)(Cl)C(Cl)(Cl)C(Cl)(Cl)c1[c]c2c(cc1)-c1ccccc1C2. The highest BCUT2D eigenvalue weighted by Crippen LogP contribution is 2.65. The molecular weight excluding hydrogens is 523 g/mol. The summed E-state index contributed by atoms with van der Waals surface area (Å²) in [6, 6.07) is 14.7. The zero-order valence-corrected chi connectivity index (χ0v) is 19.4. The van der Waals surface area contributed by atoms with Gasteiger partial charge >= 0.3 is 0 Å². The van der Waals surface area contributed by atoms with Crippen LogP contribution in [-0.2, 0) is 10.8 Å². The zero-order valence-electron chi connectivity index (χ0n) is 12.6. The molecule has 0 bridgehead atoms. The molecule has 0 heterocycles. The first-order chi connectivity index (χ1) is 11.8. The first kappa shape index (κ1) is 21.8. The predicted octanol–water partition coefficient (Wildman–Crippen LogP) is 8.41. The molecule has 2 aromatic rings. The Labute approximate surface area is 196 Å². The van der Waals surface area contributed by atoms with Crippen molar-refractivity contribution in [3.63, 3.8) is 0 Å². The molecule has 0 fully saturated rings. The van der Waals surface area contributed by atoms with Crippen molar-refractivity contribution >= 4 is 104 Å². The van der Waals surface area contributed by atoms with E-state index in [4.69, 9.17) is 104 Å². The molecule has 3 rings (SSSR count). The average Bonchev–Trinajstić information content (AvgIpc) is 2.91. The molecule has 0 spiro atoms. The van der Waals surface area contributed by atoms with Crippen molar-refractivity contribution in [3.05, 3.63) is 59.2 Å². The van der Waals surface area contributed by atoms with Crippen molar-refractivity contribution in [2.75, 3.05) is 0 Å². The van der Waals surface area contributed by atoms with Gasteiger partial charge < -0.3 is 0 Å². The Balaban J connectivity index is 2.05. The summed E-state index contributed by atoms with van der Waals surface area (Å²) in [7, 11) is 0. The molecule has 0 N–H and O–H groups in total. The van der Waals surface area contributed by atoms with E-state index in [0.717, 1.165) is 16.7 Å². The highest BCUT2D eigenvalue weighted by atomic mass is 35.6. The van der Waals surface area contributed by atoms with Gasteiger partial charge in [0.15, 0.2) is 8.67 Å². The Bertz CT molecular complexity index is 850. The van der Waals surface area contributed by atoms with Gasteiger partial charge in [0.25, 0.3) is 0 Å². The summed E-state index contributed by atoms with van der Waals surface area (Å²) < 4.78 is -8.89. The van der Waals surface area contributed by atoms with E-state index in [1.807, 2.05) is 30.3 Å². The highest BCUT2D eigenvalue weighted by molar-refractivity contribution is 6.80. The minimum absolute atomic E-state index is 0.261. The fourth-order valence-corrected chi connectivity index (χ4v) is 4.97. The van der Waals surface area contributed by atoms with Gasteiger partial charge in [-0.25, -0.2) is 0 Å². The minimum Gasteiger partial charge on any atom is -0.0943 e. The van der Waals surface area contributed by atoms with E-state index >= 15 is 0 Å². The molecule has 26 heavy (non-hydrogen) atoms. The van der Waals surface area contributed by atoms with Crippen LogP contribution in [0.2, 0.25) is 0 Å². The topological polar surface area (TPSA) is 0 Å². The van der Waals surface area contributed by atoms with Crippen LogP contribution >= 0.6 is 104 Å². The van der Waals surface area contributed by atoms with Gasteiger partial charge in [-0.15, -0.1) is 0 Å². The lowest BCUT2D eigenvalue weighted by Gasteiger charge is -2.44. The summed E-state index contributed by atoms with van der Waals surface area (Å²) in [5.41, 5.74) is 4.46. The van der Waals surface area contributed by atoms with Gasteiger partial charge in [0.05, 0.1) is 0 Å². The number of benzene rings is 2. The first-order valence-electron chi connectivity index (χ1n) is 7.15. The van der Waals surface area contributed by atoms with E-state index in [9.17, 15) is 0 Å². The summed E-state index contributed by atoms with van der Waals surface area (Å²) in [6.07, 6.45) is 0.665. The number of halogens is 9. The molecule has 0 amide bonds. The van der Waals surface area contributed by atoms with Crippen LogP contribution in [0.1, 0.15) is 16.7 Å². The number of alkyl halides is 9. The maximum absolute atomic E-state index is 6.48. The Morgan fingerprint density at radius 1 is 0.692 bits per heavy atom. The molecule has 1 aliphatic rings. The van der Waals surface area contributed by atoms with Gasteiger partial charge in [-0.1, -0.05) is 141 Å². The fraction of sp³-hybridized carbons (Fsp3) is 0.294. The third-order valence-electron chi connectivity index (χ3n) is 4.19. The largest absolute Gasteiger partial charge is 0.226 e. The lowest BCUT2D eigenvalue weighted by molar-refractivity contribution is 0.599. The third-order valence-corrected chi connectivity index (χ3v) is 9.63. The second-order valence-corrected chi connectivity index (χ2v) is 12.1. The molecule has 9 heteroatoms. The van der Waals surface area contributed by atoms with Crippen molar-refractivity contribution in [1.29, 1.82) is 0 Å². The average molecular weight is 531 g/mol. The highest BCUT2D eigenvalue weighted by Gasteiger charge is 2.68. The van der Waals surface area contributed by atoms with E-state index in [1.54, 1.807) is 6.07 Å². The van der Waals surface area contributed by atoms with Gasteiger partial charge in [0, 0.05) is 0 Å². The maximum atomic E-state index is 6.48. The Hall–Kier alpha value is 1.05.